The number of hydroxylamine groups is 2. The van der Waals surface area contributed by atoms with E-state index in [0.717, 1.165) is 32.1 Å². The molecule has 1 aliphatic heterocycles. The Kier molecular flexibility index (Phi) is 9.17. The summed E-state index contributed by atoms with van der Waals surface area (Å²) in [6.07, 6.45) is 5.59. The molecule has 0 aliphatic carbocycles. The minimum absolute atomic E-state index is 0.423. The van der Waals surface area contributed by atoms with Crippen LogP contribution in [0.4, 0.5) is 0 Å². The molecule has 1 heterocycles. The van der Waals surface area contributed by atoms with Gasteiger partial charge in [-0.3, -0.25) is 9.59 Å². The number of carboxylic acid groups (broad SMARTS) is 1. The van der Waals surface area contributed by atoms with Crippen molar-refractivity contribution in [1.29, 1.82) is 0 Å². The third kappa shape index (κ3) is 6.87. The summed E-state index contributed by atoms with van der Waals surface area (Å²) >= 11 is 0. The number of amides is 1. The molecular formula is C17H31NO5. The summed E-state index contributed by atoms with van der Waals surface area (Å²) in [5, 5.41) is 10.8. The van der Waals surface area contributed by atoms with Gasteiger partial charge in [0.1, 0.15) is 0 Å². The summed E-state index contributed by atoms with van der Waals surface area (Å²) in [6, 6.07) is -0.459. The van der Waals surface area contributed by atoms with Crippen LogP contribution in [0.2, 0.25) is 0 Å². The molecule has 23 heavy (non-hydrogen) atoms. The molecule has 3 atom stereocenters. The Morgan fingerprint density at radius 1 is 1.35 bits per heavy atom. The van der Waals surface area contributed by atoms with Gasteiger partial charge < -0.3 is 9.84 Å². The minimum atomic E-state index is -0.871. The predicted molar refractivity (Wildman–Crippen MR) is 86.5 cm³/mol. The summed E-state index contributed by atoms with van der Waals surface area (Å²) < 4.78 is 5.51. The highest BCUT2D eigenvalue weighted by atomic mass is 16.8. The van der Waals surface area contributed by atoms with Crippen LogP contribution in [-0.2, 0) is 19.2 Å². The topological polar surface area (TPSA) is 76.1 Å². The van der Waals surface area contributed by atoms with Crippen molar-refractivity contribution in [3.05, 3.63) is 0 Å². The van der Waals surface area contributed by atoms with E-state index >= 15 is 0 Å². The van der Waals surface area contributed by atoms with Gasteiger partial charge in [0.2, 0.25) is 6.41 Å². The predicted octanol–water partition coefficient (Wildman–Crippen LogP) is 3.21. The molecule has 1 fully saturated rings. The van der Waals surface area contributed by atoms with Crippen LogP contribution in [0, 0.1) is 11.8 Å². The number of hydrogen-bond acceptors (Lipinski definition) is 4. The highest BCUT2D eigenvalue weighted by Gasteiger charge is 2.34. The summed E-state index contributed by atoms with van der Waals surface area (Å²) in [7, 11) is 0. The van der Waals surface area contributed by atoms with Crippen molar-refractivity contribution in [2.24, 2.45) is 11.8 Å². The van der Waals surface area contributed by atoms with Crippen molar-refractivity contribution in [2.75, 3.05) is 6.61 Å². The largest absolute Gasteiger partial charge is 0.481 e. The molecule has 6 nitrogen and oxygen atoms in total. The molecule has 1 unspecified atom stereocenters. The molecule has 6 heteroatoms. The lowest BCUT2D eigenvalue weighted by atomic mass is 9.89. The van der Waals surface area contributed by atoms with E-state index in [4.69, 9.17) is 9.57 Å². The molecule has 1 aliphatic rings. The van der Waals surface area contributed by atoms with E-state index in [2.05, 4.69) is 13.8 Å². The van der Waals surface area contributed by atoms with Gasteiger partial charge in [0.05, 0.1) is 12.0 Å². The average molecular weight is 329 g/mol. The van der Waals surface area contributed by atoms with E-state index in [1.54, 1.807) is 0 Å². The quantitative estimate of drug-likeness (QED) is 0.465. The van der Waals surface area contributed by atoms with Gasteiger partial charge in [0.15, 0.2) is 6.29 Å². The first-order chi connectivity index (χ1) is 11.0. The molecule has 0 aromatic heterocycles. The van der Waals surface area contributed by atoms with Gasteiger partial charge in [-0.25, -0.2) is 9.90 Å². The van der Waals surface area contributed by atoms with Crippen molar-refractivity contribution in [3.63, 3.8) is 0 Å². The molecule has 1 amide bonds. The zero-order valence-electron chi connectivity index (χ0n) is 14.6. The number of ether oxygens (including phenoxy) is 1. The van der Waals surface area contributed by atoms with Crippen LogP contribution in [0.3, 0.4) is 0 Å². The lowest BCUT2D eigenvalue weighted by Crippen LogP contribution is -2.45. The maximum atomic E-state index is 11.7. The molecule has 1 N–H and O–H groups in total. The van der Waals surface area contributed by atoms with E-state index in [-0.39, 0.29) is 0 Å². The third-order valence-electron chi connectivity index (χ3n) is 4.23. The van der Waals surface area contributed by atoms with Crippen LogP contribution < -0.4 is 0 Å². The van der Waals surface area contributed by atoms with E-state index in [1.165, 1.54) is 5.06 Å². The first-order valence-electron chi connectivity index (χ1n) is 8.74. The van der Waals surface area contributed by atoms with Crippen LogP contribution in [0.1, 0.15) is 65.7 Å². The van der Waals surface area contributed by atoms with E-state index < -0.39 is 24.2 Å². The van der Waals surface area contributed by atoms with Crippen molar-refractivity contribution in [2.45, 2.75) is 78.0 Å². The molecule has 0 aromatic carbocycles. The third-order valence-corrected chi connectivity index (χ3v) is 4.23. The van der Waals surface area contributed by atoms with Crippen molar-refractivity contribution < 1.29 is 24.3 Å². The Bertz CT molecular complexity index is 355. The van der Waals surface area contributed by atoms with Gasteiger partial charge >= 0.3 is 5.97 Å². The summed E-state index contributed by atoms with van der Waals surface area (Å²) in [5.74, 6) is -1.07. The van der Waals surface area contributed by atoms with Crippen LogP contribution >= 0.6 is 0 Å². The number of aliphatic carboxylic acids is 1. The summed E-state index contributed by atoms with van der Waals surface area (Å²) in [4.78, 5) is 28.9. The molecule has 134 valence electrons. The fourth-order valence-electron chi connectivity index (χ4n) is 2.91. The maximum Gasteiger partial charge on any atom is 0.308 e. The lowest BCUT2D eigenvalue weighted by Gasteiger charge is -2.35. The van der Waals surface area contributed by atoms with Crippen LogP contribution in [0.15, 0.2) is 0 Å². The minimum Gasteiger partial charge on any atom is -0.481 e. The average Bonchev–Trinajstić information content (AvgIpc) is 2.52. The zero-order valence-corrected chi connectivity index (χ0v) is 14.6. The SMILES string of the molecule is CCC[C@@H]([C@@H](CCC(C)C)C(=O)O)N(C=O)OC1CCCCO1. The summed E-state index contributed by atoms with van der Waals surface area (Å²) in [5.41, 5.74) is 0. The Morgan fingerprint density at radius 2 is 2.09 bits per heavy atom. The van der Waals surface area contributed by atoms with E-state index in [0.29, 0.717) is 31.8 Å². The number of rotatable bonds is 11. The van der Waals surface area contributed by atoms with Crippen LogP contribution in [0.5, 0.6) is 0 Å². The molecule has 1 rings (SSSR count). The Balaban J connectivity index is 2.79. The molecular weight excluding hydrogens is 298 g/mol. The number of nitrogens with zero attached hydrogens (tertiary/aromatic N) is 1. The van der Waals surface area contributed by atoms with Gasteiger partial charge in [-0.15, -0.1) is 0 Å². The molecule has 0 bridgehead atoms. The highest BCUT2D eigenvalue weighted by molar-refractivity contribution is 5.71. The molecule has 0 aromatic rings. The monoisotopic (exact) mass is 329 g/mol. The second-order valence-electron chi connectivity index (χ2n) is 6.64. The van der Waals surface area contributed by atoms with Crippen LogP contribution in [0.25, 0.3) is 0 Å². The van der Waals surface area contributed by atoms with Crippen molar-refractivity contribution >= 4 is 12.4 Å². The normalized spacial score (nSPS) is 21.0. The van der Waals surface area contributed by atoms with Gasteiger partial charge in [-0.05, 0) is 31.6 Å². The molecule has 0 radical (unpaired) electrons. The van der Waals surface area contributed by atoms with Gasteiger partial charge in [0, 0.05) is 13.0 Å². The second-order valence-corrected chi connectivity index (χ2v) is 6.64. The highest BCUT2D eigenvalue weighted by Crippen LogP contribution is 2.25. The van der Waals surface area contributed by atoms with Gasteiger partial charge in [0.25, 0.3) is 0 Å². The van der Waals surface area contributed by atoms with Gasteiger partial charge in [-0.2, -0.15) is 0 Å². The fraction of sp³-hybridized carbons (Fsp3) is 0.882. The van der Waals surface area contributed by atoms with Gasteiger partial charge in [-0.1, -0.05) is 33.6 Å². The Morgan fingerprint density at radius 3 is 2.57 bits per heavy atom. The number of carbonyl (C=O) groups is 2. The first kappa shape index (κ1) is 19.9. The zero-order chi connectivity index (χ0) is 17.2. The molecule has 0 saturated carbocycles. The van der Waals surface area contributed by atoms with Crippen molar-refractivity contribution in [3.8, 4) is 0 Å². The standard InChI is InChI=1S/C17H31NO5/c1-4-7-15(14(17(20)21)10-9-13(2)3)18(12-19)23-16-8-5-6-11-22-16/h12-16H,4-11H2,1-3H3,(H,20,21)/t14-,15+,16?/m1/s1. The second kappa shape index (κ2) is 10.6. The number of carbonyl (C=O) groups excluding carboxylic acids is 1. The molecule has 0 spiro atoms. The van der Waals surface area contributed by atoms with Crippen LogP contribution in [-0.4, -0.2) is 41.5 Å². The number of hydrogen-bond donors (Lipinski definition) is 1. The fourth-order valence-corrected chi connectivity index (χ4v) is 2.91. The first-order valence-corrected chi connectivity index (χ1v) is 8.74. The Hall–Kier alpha value is -1.14. The smallest absolute Gasteiger partial charge is 0.308 e. The van der Waals surface area contributed by atoms with Crippen molar-refractivity contribution in [1.82, 2.24) is 5.06 Å². The Labute approximate surface area is 139 Å². The maximum absolute atomic E-state index is 11.7. The summed E-state index contributed by atoms with van der Waals surface area (Å²) in [6.45, 7) is 6.73. The lowest BCUT2D eigenvalue weighted by molar-refractivity contribution is -0.290. The number of carboxylic acids is 1. The molecule has 1 saturated heterocycles. The van der Waals surface area contributed by atoms with E-state index in [1.807, 2.05) is 6.92 Å². The van der Waals surface area contributed by atoms with E-state index in [9.17, 15) is 14.7 Å².